The molecule has 0 spiro atoms. The number of halogens is 1. The van der Waals surface area contributed by atoms with Gasteiger partial charge in [0.25, 0.3) is 0 Å². The lowest BCUT2D eigenvalue weighted by atomic mass is 10.3. The molecule has 0 aliphatic rings. The van der Waals surface area contributed by atoms with Crippen molar-refractivity contribution in [2.45, 2.75) is 6.92 Å². The second-order valence-corrected chi connectivity index (χ2v) is 5.16. The summed E-state index contributed by atoms with van der Waals surface area (Å²) in [5.74, 6) is 0. The number of anilines is 1. The van der Waals surface area contributed by atoms with Gasteiger partial charge in [-0.1, -0.05) is 11.6 Å². The Morgan fingerprint density at radius 1 is 1.35 bits per heavy atom. The van der Waals surface area contributed by atoms with Crippen LogP contribution in [0.4, 0.5) is 5.69 Å². The van der Waals surface area contributed by atoms with Crippen molar-refractivity contribution in [3.8, 4) is 5.69 Å². The van der Waals surface area contributed by atoms with E-state index < -0.39 is 0 Å². The number of hydrogen-bond donors (Lipinski definition) is 1. The van der Waals surface area contributed by atoms with Crippen molar-refractivity contribution < 1.29 is 0 Å². The average molecular weight is 264 g/mol. The number of rotatable bonds is 1. The van der Waals surface area contributed by atoms with Gasteiger partial charge in [-0.15, -0.1) is 11.3 Å². The number of nitrogens with zero attached hydrogens (tertiary/aromatic N) is 2. The van der Waals surface area contributed by atoms with E-state index in [2.05, 4.69) is 16.5 Å². The summed E-state index contributed by atoms with van der Waals surface area (Å²) in [5.41, 5.74) is 9.36. The Hall–Kier alpha value is -1.52. The Bertz CT molecular complexity index is 699. The molecule has 0 bridgehead atoms. The van der Waals surface area contributed by atoms with Gasteiger partial charge in [-0.25, -0.2) is 4.68 Å². The number of nitrogen functional groups attached to an aromatic ring is 1. The molecule has 2 aromatic heterocycles. The molecule has 0 aliphatic heterocycles. The van der Waals surface area contributed by atoms with Gasteiger partial charge in [0.15, 0.2) is 0 Å². The Morgan fingerprint density at radius 2 is 2.18 bits per heavy atom. The third-order valence-corrected chi connectivity index (χ3v) is 4.02. The summed E-state index contributed by atoms with van der Waals surface area (Å²) in [6, 6.07) is 7.61. The SMILES string of the molecule is Cc1nn(-c2ccc(N)c(Cl)c2)c2ccsc12. The minimum atomic E-state index is 0.555. The van der Waals surface area contributed by atoms with E-state index in [4.69, 9.17) is 17.3 Å². The highest BCUT2D eigenvalue weighted by Crippen LogP contribution is 2.28. The Kier molecular flexibility index (Phi) is 2.34. The van der Waals surface area contributed by atoms with E-state index in [1.165, 1.54) is 4.70 Å². The molecule has 0 radical (unpaired) electrons. The highest BCUT2D eigenvalue weighted by atomic mass is 35.5. The Balaban J connectivity index is 2.26. The quantitative estimate of drug-likeness (QED) is 0.682. The van der Waals surface area contributed by atoms with Crippen LogP contribution in [0.15, 0.2) is 29.6 Å². The zero-order chi connectivity index (χ0) is 12.0. The van der Waals surface area contributed by atoms with Crippen LogP contribution in [0.3, 0.4) is 0 Å². The normalized spacial score (nSPS) is 11.2. The molecule has 2 N–H and O–H groups in total. The molecule has 0 atom stereocenters. The van der Waals surface area contributed by atoms with Gasteiger partial charge in [-0.05, 0) is 36.6 Å². The molecule has 0 amide bonds. The molecule has 0 unspecified atom stereocenters. The Morgan fingerprint density at radius 3 is 2.94 bits per heavy atom. The fourth-order valence-electron chi connectivity index (χ4n) is 1.83. The summed E-state index contributed by atoms with van der Waals surface area (Å²) in [6.07, 6.45) is 0. The van der Waals surface area contributed by atoms with E-state index in [1.54, 1.807) is 17.4 Å². The monoisotopic (exact) mass is 263 g/mol. The number of fused-ring (bicyclic) bond motifs is 1. The van der Waals surface area contributed by atoms with E-state index in [1.807, 2.05) is 23.7 Å². The number of aromatic nitrogens is 2. The van der Waals surface area contributed by atoms with E-state index in [9.17, 15) is 0 Å². The summed E-state index contributed by atoms with van der Waals surface area (Å²) in [5, 5.41) is 7.14. The number of thiophene rings is 1. The van der Waals surface area contributed by atoms with E-state index in [0.717, 1.165) is 16.9 Å². The van der Waals surface area contributed by atoms with Crippen LogP contribution >= 0.6 is 22.9 Å². The van der Waals surface area contributed by atoms with Crippen molar-refractivity contribution in [3.05, 3.63) is 40.4 Å². The lowest BCUT2D eigenvalue weighted by Gasteiger charge is -2.04. The molecule has 0 fully saturated rings. The predicted octanol–water partition coefficient (Wildman–Crippen LogP) is 3.63. The van der Waals surface area contributed by atoms with Crippen molar-refractivity contribution in [1.82, 2.24) is 9.78 Å². The third-order valence-electron chi connectivity index (χ3n) is 2.68. The number of hydrogen-bond acceptors (Lipinski definition) is 3. The van der Waals surface area contributed by atoms with Gasteiger partial charge in [0.2, 0.25) is 0 Å². The van der Waals surface area contributed by atoms with Gasteiger partial charge < -0.3 is 5.73 Å². The maximum Gasteiger partial charge on any atom is 0.0851 e. The maximum atomic E-state index is 6.03. The molecule has 0 saturated carbocycles. The van der Waals surface area contributed by atoms with Crippen LogP contribution in [-0.4, -0.2) is 9.78 Å². The molecule has 17 heavy (non-hydrogen) atoms. The molecule has 0 saturated heterocycles. The molecule has 3 aromatic rings. The van der Waals surface area contributed by atoms with Gasteiger partial charge >= 0.3 is 0 Å². The highest BCUT2D eigenvalue weighted by Gasteiger charge is 2.10. The fourth-order valence-corrected chi connectivity index (χ4v) is 2.83. The summed E-state index contributed by atoms with van der Waals surface area (Å²) in [4.78, 5) is 0. The fraction of sp³-hybridized carbons (Fsp3) is 0.0833. The molecular weight excluding hydrogens is 254 g/mol. The van der Waals surface area contributed by atoms with E-state index >= 15 is 0 Å². The summed E-state index contributed by atoms with van der Waals surface area (Å²) < 4.78 is 3.10. The van der Waals surface area contributed by atoms with Crippen LogP contribution in [0, 0.1) is 6.92 Å². The summed E-state index contributed by atoms with van der Waals surface area (Å²) >= 11 is 7.73. The molecule has 0 aliphatic carbocycles. The largest absolute Gasteiger partial charge is 0.398 e. The molecule has 3 nitrogen and oxygen atoms in total. The van der Waals surface area contributed by atoms with Crippen molar-refractivity contribution in [3.63, 3.8) is 0 Å². The van der Waals surface area contributed by atoms with Crippen LogP contribution in [0.1, 0.15) is 5.69 Å². The van der Waals surface area contributed by atoms with Crippen LogP contribution in [0.5, 0.6) is 0 Å². The number of nitrogens with two attached hydrogens (primary N) is 1. The lowest BCUT2D eigenvalue weighted by molar-refractivity contribution is 0.889. The highest BCUT2D eigenvalue weighted by molar-refractivity contribution is 7.17. The lowest BCUT2D eigenvalue weighted by Crippen LogP contribution is -1.97. The number of aryl methyl sites for hydroxylation is 1. The molecular formula is C12H10ClN3S. The zero-order valence-electron chi connectivity index (χ0n) is 9.14. The molecule has 5 heteroatoms. The minimum Gasteiger partial charge on any atom is -0.398 e. The Labute approximate surface area is 107 Å². The van der Waals surface area contributed by atoms with Gasteiger partial charge in [-0.2, -0.15) is 5.10 Å². The first-order valence-corrected chi connectivity index (χ1v) is 6.41. The number of benzene rings is 1. The van der Waals surface area contributed by atoms with Crippen LogP contribution in [-0.2, 0) is 0 Å². The molecule has 86 valence electrons. The third kappa shape index (κ3) is 1.61. The zero-order valence-corrected chi connectivity index (χ0v) is 10.7. The van der Waals surface area contributed by atoms with Crippen LogP contribution in [0.25, 0.3) is 15.9 Å². The first-order chi connectivity index (χ1) is 8.16. The maximum absolute atomic E-state index is 6.03. The topological polar surface area (TPSA) is 43.8 Å². The van der Waals surface area contributed by atoms with E-state index in [0.29, 0.717) is 10.7 Å². The standard InChI is InChI=1S/C12H10ClN3S/c1-7-12-11(4-5-17-12)16(15-7)8-2-3-10(14)9(13)6-8/h2-6H,14H2,1H3. The van der Waals surface area contributed by atoms with Crippen molar-refractivity contribution >= 4 is 38.8 Å². The molecule has 2 heterocycles. The van der Waals surface area contributed by atoms with Gasteiger partial charge in [0.05, 0.1) is 32.3 Å². The summed E-state index contributed by atoms with van der Waals surface area (Å²) in [7, 11) is 0. The van der Waals surface area contributed by atoms with Gasteiger partial charge in [0.1, 0.15) is 0 Å². The first-order valence-electron chi connectivity index (χ1n) is 5.15. The minimum absolute atomic E-state index is 0.555. The van der Waals surface area contributed by atoms with Crippen molar-refractivity contribution in [2.75, 3.05) is 5.73 Å². The van der Waals surface area contributed by atoms with Gasteiger partial charge in [-0.3, -0.25) is 0 Å². The second-order valence-electron chi connectivity index (χ2n) is 3.84. The molecule has 1 aromatic carbocycles. The van der Waals surface area contributed by atoms with Crippen LogP contribution < -0.4 is 5.73 Å². The van der Waals surface area contributed by atoms with Crippen molar-refractivity contribution in [1.29, 1.82) is 0 Å². The van der Waals surface area contributed by atoms with Gasteiger partial charge in [0, 0.05) is 0 Å². The van der Waals surface area contributed by atoms with Crippen molar-refractivity contribution in [2.24, 2.45) is 0 Å². The predicted molar refractivity (Wildman–Crippen MR) is 73.1 cm³/mol. The van der Waals surface area contributed by atoms with Crippen LogP contribution in [0.2, 0.25) is 5.02 Å². The summed E-state index contributed by atoms with van der Waals surface area (Å²) in [6.45, 7) is 2.01. The smallest absolute Gasteiger partial charge is 0.0851 e. The molecule has 3 rings (SSSR count). The first kappa shape index (κ1) is 10.6. The average Bonchev–Trinajstić information content (AvgIpc) is 2.87. The van der Waals surface area contributed by atoms with E-state index in [-0.39, 0.29) is 0 Å². The second kappa shape index (κ2) is 3.75.